The first kappa shape index (κ1) is 80.6. The summed E-state index contributed by atoms with van der Waals surface area (Å²) in [4.78, 5) is 146. The molecule has 1 aromatic rings. The molecule has 1 rings (SSSR count). The summed E-state index contributed by atoms with van der Waals surface area (Å²) in [5.74, 6) is -10.1. The number of benzene rings is 1. The molecule has 0 fully saturated rings. The number of aromatic hydroxyl groups is 1. The molecule has 32 N–H and O–H groups in total. The molecule has 0 spiro atoms. The number of amides is 8. The van der Waals surface area contributed by atoms with E-state index in [2.05, 4.69) is 67.5 Å². The number of hydrogen-bond acceptors (Lipinski definition) is 16. The largest absolute Gasteiger partial charge is 0.508 e. The highest BCUT2D eigenvalue weighted by Gasteiger charge is 2.37. The SMILES string of the molecule is CC[C@H](C)[C@H](NC(=O)[C@H](CCCN=C(N)N)NC(=O)[C@H](CC(C)C)NC(=O)[C@H](Cc1ccc(O)cc1)NC(=O)[C@H](CC(C)C)NC(=O)[C@@H](N)CCCN=C(N)N)C(=O)N[C@@H](CCCN=C(N)N)C(=O)N[C@@H](CCCN=C(N)N)C(=O)N[C@@H](CCCN=C(N)N)C(=O)O. The van der Waals surface area contributed by atoms with Crippen molar-refractivity contribution >= 4 is 83.0 Å². The molecule has 0 radical (unpaired) electrons. The number of nitrogens with one attached hydrogen (secondary N) is 8. The first-order valence-electron chi connectivity index (χ1n) is 30.7. The molecule has 0 aromatic heterocycles. The molecule has 10 atom stereocenters. The van der Waals surface area contributed by atoms with Crippen LogP contribution in [-0.2, 0) is 49.6 Å². The Balaban J connectivity index is 3.79. The van der Waals surface area contributed by atoms with Crippen LogP contribution in [0.2, 0.25) is 0 Å². The number of phenols is 1. The molecule has 35 nitrogen and oxygen atoms in total. The van der Waals surface area contributed by atoms with Crippen LogP contribution in [0.25, 0.3) is 0 Å². The van der Waals surface area contributed by atoms with Gasteiger partial charge in [0.15, 0.2) is 29.8 Å². The standard InChI is InChI=1S/C57H104N24O11/c1-7-32(6)43(51(90)76-37(15-10-24-71-55(63)64)45(84)74-36(14-9-23-70-54(61)62)46(85)77-39(52(91)92)17-12-26-73-57(67)68)81-47(86)38(16-11-25-72-56(65)66)75-48(87)41(28-31(4)5)79-50(89)42(29-33-18-20-34(82)21-19-33)80-49(88)40(27-30(2)3)78-44(83)35(58)13-8-22-69-53(59)60/h18-21,30-32,35-43,82H,7-17,22-29,58H2,1-6H3,(H,74,84)(H,75,87)(H,76,90)(H,77,85)(H,78,83)(H,79,89)(H,80,88)(H,81,86)(H,91,92)(H4,59,60,69)(H4,61,62,70)(H4,63,64,71)(H4,65,66,72)(H4,67,68,73)/t32-,35-,36-,37-,38-,39-,40-,41-,42-,43-/m0/s1. The predicted octanol–water partition coefficient (Wildman–Crippen LogP) is -5.37. The molecule has 0 bridgehead atoms. The van der Waals surface area contributed by atoms with Crippen LogP contribution in [0.1, 0.15) is 131 Å². The lowest BCUT2D eigenvalue weighted by molar-refractivity contribution is -0.142. The molecule has 0 aliphatic heterocycles. The Bertz CT molecular complexity index is 2670. The molecule has 518 valence electrons. The number of hydrogen-bond donors (Lipinski definition) is 21. The number of carboxylic acids is 1. The number of nitrogens with zero attached hydrogens (tertiary/aromatic N) is 5. The van der Waals surface area contributed by atoms with E-state index in [1.807, 2.05) is 13.8 Å². The first-order chi connectivity index (χ1) is 43.2. The monoisotopic (exact) mass is 1300 g/mol. The molecule has 0 heterocycles. The lowest BCUT2D eigenvalue weighted by atomic mass is 9.96. The van der Waals surface area contributed by atoms with Gasteiger partial charge in [-0.15, -0.1) is 0 Å². The van der Waals surface area contributed by atoms with Gasteiger partial charge in [-0.25, -0.2) is 4.79 Å². The molecule has 1 aromatic carbocycles. The van der Waals surface area contributed by atoms with E-state index in [4.69, 9.17) is 63.1 Å². The Hall–Kier alpha value is -9.44. The molecule has 92 heavy (non-hydrogen) atoms. The van der Waals surface area contributed by atoms with Crippen LogP contribution >= 0.6 is 0 Å². The van der Waals surface area contributed by atoms with Gasteiger partial charge in [-0.3, -0.25) is 63.3 Å². The van der Waals surface area contributed by atoms with Crippen molar-refractivity contribution in [1.29, 1.82) is 0 Å². The fourth-order valence-corrected chi connectivity index (χ4v) is 9.07. The summed E-state index contributed by atoms with van der Waals surface area (Å²) in [5, 5.41) is 41.5. The number of aliphatic carboxylic acids is 1. The van der Waals surface area contributed by atoms with Gasteiger partial charge in [-0.1, -0.05) is 60.1 Å². The fourth-order valence-electron chi connectivity index (χ4n) is 9.07. The number of carbonyl (C=O) groups is 9. The third-order valence-electron chi connectivity index (χ3n) is 14.1. The van der Waals surface area contributed by atoms with Gasteiger partial charge in [-0.2, -0.15) is 0 Å². The van der Waals surface area contributed by atoms with Crippen LogP contribution in [0.4, 0.5) is 0 Å². The Morgan fingerprint density at radius 2 is 0.696 bits per heavy atom. The molecule has 0 unspecified atom stereocenters. The topological polar surface area (TPSA) is 638 Å². The summed E-state index contributed by atoms with van der Waals surface area (Å²) in [7, 11) is 0. The number of aliphatic imine (C=N–C) groups is 5. The average molecular weight is 1300 g/mol. The van der Waals surface area contributed by atoms with Crippen molar-refractivity contribution in [1.82, 2.24) is 42.5 Å². The van der Waals surface area contributed by atoms with Crippen LogP contribution < -0.4 is 106 Å². The molecule has 0 aliphatic carbocycles. The number of phenolic OH excluding ortho intramolecular Hbond substituents is 1. The molecule has 0 saturated carbocycles. The second-order valence-electron chi connectivity index (χ2n) is 23.1. The van der Waals surface area contributed by atoms with E-state index in [1.165, 1.54) is 24.3 Å². The molecular formula is C57H104N24O11. The van der Waals surface area contributed by atoms with E-state index in [-0.39, 0.29) is 157 Å². The van der Waals surface area contributed by atoms with Crippen LogP contribution in [-0.4, -0.2) is 180 Å². The normalized spacial score (nSPS) is 14.2. The van der Waals surface area contributed by atoms with E-state index >= 15 is 0 Å². The average Bonchev–Trinajstić information content (AvgIpc) is 0.971. The molecule has 0 saturated heterocycles. The second-order valence-corrected chi connectivity index (χ2v) is 23.1. The van der Waals surface area contributed by atoms with Crippen LogP contribution in [0, 0.1) is 17.8 Å². The smallest absolute Gasteiger partial charge is 0.326 e. The molecule has 0 aliphatic rings. The zero-order valence-electron chi connectivity index (χ0n) is 53.8. The van der Waals surface area contributed by atoms with Crippen molar-refractivity contribution in [2.45, 2.75) is 186 Å². The third-order valence-corrected chi connectivity index (χ3v) is 14.1. The minimum Gasteiger partial charge on any atom is -0.508 e. The van der Waals surface area contributed by atoms with Crippen molar-refractivity contribution in [2.24, 2.45) is 106 Å². The highest BCUT2D eigenvalue weighted by Crippen LogP contribution is 2.16. The first-order valence-corrected chi connectivity index (χ1v) is 30.7. The maximum absolute atomic E-state index is 14.7. The lowest BCUT2D eigenvalue weighted by Gasteiger charge is -2.30. The van der Waals surface area contributed by atoms with Crippen molar-refractivity contribution in [3.05, 3.63) is 29.8 Å². The van der Waals surface area contributed by atoms with Crippen molar-refractivity contribution < 1.29 is 53.4 Å². The van der Waals surface area contributed by atoms with Gasteiger partial charge in [0.05, 0.1) is 6.04 Å². The highest BCUT2D eigenvalue weighted by molar-refractivity contribution is 5.98. The Morgan fingerprint density at radius 1 is 0.402 bits per heavy atom. The van der Waals surface area contributed by atoms with Crippen molar-refractivity contribution in [3.63, 3.8) is 0 Å². The van der Waals surface area contributed by atoms with Gasteiger partial charge in [-0.05, 0) is 112 Å². The van der Waals surface area contributed by atoms with Crippen LogP contribution in [0.15, 0.2) is 49.2 Å². The summed E-state index contributed by atoms with van der Waals surface area (Å²) in [6, 6.07) is -6.16. The minimum atomic E-state index is -1.43. The zero-order valence-corrected chi connectivity index (χ0v) is 53.8. The van der Waals surface area contributed by atoms with E-state index in [0.29, 0.717) is 18.4 Å². The van der Waals surface area contributed by atoms with E-state index in [9.17, 15) is 53.4 Å². The number of carboxylic acid groups (broad SMARTS) is 1. The van der Waals surface area contributed by atoms with Gasteiger partial charge < -0.3 is 116 Å². The Morgan fingerprint density at radius 3 is 1.05 bits per heavy atom. The van der Waals surface area contributed by atoms with E-state index < -0.39 is 114 Å². The number of carbonyl (C=O) groups excluding carboxylic acids is 8. The lowest BCUT2D eigenvalue weighted by Crippen LogP contribution is -2.61. The fraction of sp³-hybridized carbons (Fsp3) is 0.649. The highest BCUT2D eigenvalue weighted by atomic mass is 16.4. The van der Waals surface area contributed by atoms with Crippen LogP contribution in [0.5, 0.6) is 5.75 Å². The van der Waals surface area contributed by atoms with Gasteiger partial charge in [0.1, 0.15) is 54.1 Å². The van der Waals surface area contributed by atoms with E-state index in [1.54, 1.807) is 27.7 Å². The van der Waals surface area contributed by atoms with Crippen molar-refractivity contribution in [2.75, 3.05) is 32.7 Å². The summed E-state index contributed by atoms with van der Waals surface area (Å²) in [6.07, 6.45) is 0.907. The number of guanidine groups is 5. The Labute approximate surface area is 537 Å². The predicted molar refractivity (Wildman–Crippen MR) is 351 cm³/mol. The minimum absolute atomic E-state index is 0.00236. The summed E-state index contributed by atoms with van der Waals surface area (Å²) >= 11 is 0. The quantitative estimate of drug-likeness (QED) is 0.0165. The Kier molecular flexibility index (Phi) is 37.9. The third kappa shape index (κ3) is 34.5. The molecular weight excluding hydrogens is 1200 g/mol. The van der Waals surface area contributed by atoms with Crippen molar-refractivity contribution in [3.8, 4) is 5.75 Å². The number of rotatable bonds is 45. The maximum atomic E-state index is 14.7. The van der Waals surface area contributed by atoms with Gasteiger partial charge >= 0.3 is 5.97 Å². The van der Waals surface area contributed by atoms with Gasteiger partial charge in [0, 0.05) is 39.1 Å². The summed E-state index contributed by atoms with van der Waals surface area (Å²) < 4.78 is 0. The van der Waals surface area contributed by atoms with Gasteiger partial charge in [0.25, 0.3) is 0 Å². The number of nitrogens with two attached hydrogens (primary N) is 11. The summed E-state index contributed by atoms with van der Waals surface area (Å²) in [6.45, 7) is 11.0. The summed E-state index contributed by atoms with van der Waals surface area (Å²) in [5.41, 5.74) is 61.6. The molecule has 8 amide bonds. The zero-order chi connectivity index (χ0) is 69.6. The van der Waals surface area contributed by atoms with E-state index in [0.717, 1.165) is 0 Å². The maximum Gasteiger partial charge on any atom is 0.326 e. The molecule has 35 heteroatoms. The second kappa shape index (κ2) is 43.3. The van der Waals surface area contributed by atoms with Gasteiger partial charge in [0.2, 0.25) is 47.3 Å². The van der Waals surface area contributed by atoms with Crippen LogP contribution in [0.3, 0.4) is 0 Å².